The molecule has 0 radical (unpaired) electrons. The Morgan fingerprint density at radius 2 is 2.05 bits per heavy atom. The van der Waals surface area contributed by atoms with Crippen LogP contribution in [0.1, 0.15) is 24.4 Å². The number of carbonyl (C=O) groups is 1. The summed E-state index contributed by atoms with van der Waals surface area (Å²) in [7, 11) is -3.17. The summed E-state index contributed by atoms with van der Waals surface area (Å²) >= 11 is 5.92. The number of hydrogen-bond donors (Lipinski definition) is 0. The Morgan fingerprint density at radius 1 is 1.36 bits per heavy atom. The van der Waals surface area contributed by atoms with E-state index in [2.05, 4.69) is 0 Å². The minimum Gasteiger partial charge on any atom is -0.451 e. The molecule has 0 saturated heterocycles. The fraction of sp³-hybridized carbons (Fsp3) is 0.400. The average molecular weight is 344 g/mol. The lowest BCUT2D eigenvalue weighted by atomic mass is 10.2. The minimum atomic E-state index is -3.17. The van der Waals surface area contributed by atoms with Crippen molar-refractivity contribution >= 4 is 38.3 Å². The predicted molar refractivity (Wildman–Crippen MR) is 87.1 cm³/mol. The predicted octanol–water partition coefficient (Wildman–Crippen LogP) is 2.98. The topological polar surface area (TPSA) is 67.6 Å². The van der Waals surface area contributed by atoms with E-state index >= 15 is 0 Å². The number of rotatable bonds is 5. The first-order valence-corrected chi connectivity index (χ1v) is 9.33. The number of hydrogen-bond acceptors (Lipinski definition) is 4. The van der Waals surface area contributed by atoms with Gasteiger partial charge in [0.15, 0.2) is 5.76 Å². The van der Waals surface area contributed by atoms with E-state index < -0.39 is 15.9 Å². The van der Waals surface area contributed by atoms with E-state index in [1.54, 1.807) is 38.1 Å². The summed E-state index contributed by atoms with van der Waals surface area (Å²) in [5, 5.41) is 1.30. The van der Waals surface area contributed by atoms with Crippen LogP contribution >= 0.6 is 11.6 Å². The van der Waals surface area contributed by atoms with Crippen LogP contribution in [0.25, 0.3) is 11.0 Å². The van der Waals surface area contributed by atoms with Crippen LogP contribution < -0.4 is 0 Å². The molecule has 0 unspecified atom stereocenters. The number of amides is 1. The molecule has 1 atom stereocenters. The van der Waals surface area contributed by atoms with Crippen molar-refractivity contribution in [2.75, 3.05) is 18.6 Å². The molecule has 0 saturated carbocycles. The van der Waals surface area contributed by atoms with Gasteiger partial charge >= 0.3 is 0 Å². The van der Waals surface area contributed by atoms with Crippen LogP contribution in [-0.4, -0.2) is 43.8 Å². The van der Waals surface area contributed by atoms with E-state index in [0.29, 0.717) is 17.2 Å². The number of carbonyl (C=O) groups excluding carboxylic acids is 1. The Morgan fingerprint density at radius 3 is 2.64 bits per heavy atom. The van der Waals surface area contributed by atoms with E-state index in [-0.39, 0.29) is 17.4 Å². The van der Waals surface area contributed by atoms with Crippen molar-refractivity contribution in [3.8, 4) is 0 Å². The molecule has 0 aliphatic carbocycles. The zero-order valence-corrected chi connectivity index (χ0v) is 14.2. The van der Waals surface area contributed by atoms with Crippen molar-refractivity contribution in [2.45, 2.75) is 19.9 Å². The monoisotopic (exact) mass is 343 g/mol. The average Bonchev–Trinajstić information content (AvgIpc) is 2.80. The van der Waals surface area contributed by atoms with Crippen molar-refractivity contribution in [1.82, 2.24) is 4.90 Å². The summed E-state index contributed by atoms with van der Waals surface area (Å²) in [6.07, 6.45) is 1.16. The molecule has 0 spiro atoms. The molecule has 1 heterocycles. The van der Waals surface area contributed by atoms with Gasteiger partial charge in [-0.3, -0.25) is 4.79 Å². The van der Waals surface area contributed by atoms with Gasteiger partial charge in [-0.05, 0) is 38.1 Å². The van der Waals surface area contributed by atoms with Crippen molar-refractivity contribution in [3.05, 3.63) is 35.0 Å². The molecule has 7 heteroatoms. The zero-order valence-electron chi connectivity index (χ0n) is 12.7. The zero-order chi connectivity index (χ0) is 16.5. The third kappa shape index (κ3) is 3.81. The lowest BCUT2D eigenvalue weighted by Crippen LogP contribution is -2.42. The summed E-state index contributed by atoms with van der Waals surface area (Å²) in [5.74, 6) is -0.232. The van der Waals surface area contributed by atoms with Gasteiger partial charge in [-0.2, -0.15) is 0 Å². The molecule has 0 aliphatic heterocycles. The van der Waals surface area contributed by atoms with Gasteiger partial charge in [-0.25, -0.2) is 8.42 Å². The summed E-state index contributed by atoms with van der Waals surface area (Å²) < 4.78 is 28.4. The normalized spacial score (nSPS) is 13.3. The fourth-order valence-corrected chi connectivity index (χ4v) is 3.68. The van der Waals surface area contributed by atoms with Gasteiger partial charge in [0.1, 0.15) is 15.4 Å². The molecule has 22 heavy (non-hydrogen) atoms. The second-order valence-electron chi connectivity index (χ2n) is 5.33. The van der Waals surface area contributed by atoms with Crippen LogP contribution in [0.2, 0.25) is 5.02 Å². The molecular formula is C15H18ClNO4S. The number of sulfone groups is 1. The van der Waals surface area contributed by atoms with Crippen LogP contribution in [0.5, 0.6) is 0 Å². The van der Waals surface area contributed by atoms with Gasteiger partial charge in [0.25, 0.3) is 5.91 Å². The maximum atomic E-state index is 12.6. The fourth-order valence-electron chi connectivity index (χ4n) is 2.44. The van der Waals surface area contributed by atoms with Gasteiger partial charge in [0.2, 0.25) is 0 Å². The van der Waals surface area contributed by atoms with Crippen LogP contribution in [-0.2, 0) is 9.84 Å². The lowest BCUT2D eigenvalue weighted by molar-refractivity contribution is 0.0689. The number of benzene rings is 1. The SMILES string of the molecule is CCN(C(=O)c1cc2cc(Cl)ccc2o1)[C@@H](C)CS(C)(=O)=O. The van der Waals surface area contributed by atoms with Crippen LogP contribution in [0.3, 0.4) is 0 Å². The highest BCUT2D eigenvalue weighted by atomic mass is 35.5. The van der Waals surface area contributed by atoms with Crippen LogP contribution in [0.4, 0.5) is 0 Å². The molecule has 2 aromatic rings. The lowest BCUT2D eigenvalue weighted by Gasteiger charge is -2.26. The van der Waals surface area contributed by atoms with Crippen LogP contribution in [0, 0.1) is 0 Å². The minimum absolute atomic E-state index is 0.0847. The third-order valence-electron chi connectivity index (χ3n) is 3.37. The third-order valence-corrected chi connectivity index (χ3v) is 4.69. The quantitative estimate of drug-likeness (QED) is 0.837. The first-order valence-electron chi connectivity index (χ1n) is 6.89. The van der Waals surface area contributed by atoms with Crippen molar-refractivity contribution in [3.63, 3.8) is 0 Å². The summed E-state index contributed by atoms with van der Waals surface area (Å²) in [6.45, 7) is 3.91. The molecular weight excluding hydrogens is 326 g/mol. The number of fused-ring (bicyclic) bond motifs is 1. The van der Waals surface area contributed by atoms with E-state index in [0.717, 1.165) is 11.6 Å². The molecule has 0 bridgehead atoms. The van der Waals surface area contributed by atoms with Crippen molar-refractivity contribution in [2.24, 2.45) is 0 Å². The van der Waals surface area contributed by atoms with E-state index in [4.69, 9.17) is 16.0 Å². The molecule has 2 rings (SSSR count). The van der Waals surface area contributed by atoms with Gasteiger partial charge in [0, 0.05) is 29.3 Å². The van der Waals surface area contributed by atoms with Gasteiger partial charge in [-0.15, -0.1) is 0 Å². The molecule has 5 nitrogen and oxygen atoms in total. The molecule has 0 aliphatic rings. The number of nitrogens with zero attached hydrogens (tertiary/aromatic N) is 1. The number of halogens is 1. The Balaban J connectivity index is 2.30. The molecule has 0 N–H and O–H groups in total. The van der Waals surface area contributed by atoms with Gasteiger partial charge < -0.3 is 9.32 Å². The molecule has 120 valence electrons. The van der Waals surface area contributed by atoms with Crippen LogP contribution in [0.15, 0.2) is 28.7 Å². The Bertz CT molecular complexity index is 797. The molecule has 1 aromatic heterocycles. The second kappa shape index (κ2) is 6.30. The number of furan rings is 1. The van der Waals surface area contributed by atoms with Crippen molar-refractivity contribution < 1.29 is 17.6 Å². The highest BCUT2D eigenvalue weighted by molar-refractivity contribution is 7.90. The Labute approximate surface area is 134 Å². The summed E-state index contributed by atoms with van der Waals surface area (Å²) in [5.41, 5.74) is 0.569. The molecule has 1 aromatic carbocycles. The molecule has 1 amide bonds. The maximum Gasteiger partial charge on any atom is 0.289 e. The molecule has 0 fully saturated rings. The second-order valence-corrected chi connectivity index (χ2v) is 7.95. The first-order chi connectivity index (χ1) is 10.2. The largest absolute Gasteiger partial charge is 0.451 e. The van der Waals surface area contributed by atoms with E-state index in [9.17, 15) is 13.2 Å². The standard InChI is InChI=1S/C15H18ClNO4S/c1-4-17(10(2)9-22(3,19)20)15(18)14-8-11-7-12(16)5-6-13(11)21-14/h5-8,10H,4,9H2,1-3H3/t10-/m0/s1. The Hall–Kier alpha value is -1.53. The highest BCUT2D eigenvalue weighted by Crippen LogP contribution is 2.24. The highest BCUT2D eigenvalue weighted by Gasteiger charge is 2.25. The summed E-state index contributed by atoms with van der Waals surface area (Å²) in [4.78, 5) is 14.0. The van der Waals surface area contributed by atoms with Gasteiger partial charge in [0.05, 0.1) is 5.75 Å². The van der Waals surface area contributed by atoms with Crippen molar-refractivity contribution in [1.29, 1.82) is 0 Å². The first kappa shape index (κ1) is 16.8. The summed E-state index contributed by atoms with van der Waals surface area (Å²) in [6, 6.07) is 6.30. The van der Waals surface area contributed by atoms with Gasteiger partial charge in [-0.1, -0.05) is 11.6 Å². The Kier molecular flexibility index (Phi) is 4.82. The van der Waals surface area contributed by atoms with E-state index in [1.807, 2.05) is 0 Å². The van der Waals surface area contributed by atoms with E-state index in [1.165, 1.54) is 4.90 Å². The smallest absolute Gasteiger partial charge is 0.289 e. The maximum absolute atomic E-state index is 12.6.